The summed E-state index contributed by atoms with van der Waals surface area (Å²) in [6.45, 7) is 0. The van der Waals surface area contributed by atoms with Gasteiger partial charge in [0.2, 0.25) is 0 Å². The predicted molar refractivity (Wildman–Crippen MR) is 105 cm³/mol. The van der Waals surface area contributed by atoms with Gasteiger partial charge in [0, 0.05) is 18.2 Å². The lowest BCUT2D eigenvalue weighted by Gasteiger charge is -2.19. The van der Waals surface area contributed by atoms with E-state index in [2.05, 4.69) is 22.1 Å². The first-order valence-corrected chi connectivity index (χ1v) is 8.58. The van der Waals surface area contributed by atoms with Crippen molar-refractivity contribution in [2.45, 2.75) is 0 Å². The highest BCUT2D eigenvalue weighted by atomic mass is 32.1. The SMILES string of the molecule is Cn1c2nc(=S)[nH]c(=S)c-2nc(-c2ccccc2)c1-c1ccccc1. The monoisotopic (exact) mass is 362 g/mol. The van der Waals surface area contributed by atoms with E-state index < -0.39 is 0 Å². The van der Waals surface area contributed by atoms with E-state index in [1.807, 2.05) is 60.1 Å². The van der Waals surface area contributed by atoms with Crippen LogP contribution in [0.25, 0.3) is 34.0 Å². The molecule has 0 bridgehead atoms. The van der Waals surface area contributed by atoms with Crippen LogP contribution in [0.5, 0.6) is 0 Å². The number of hydrogen-bond donors (Lipinski definition) is 1. The highest BCUT2D eigenvalue weighted by Gasteiger charge is 2.20. The lowest BCUT2D eigenvalue weighted by atomic mass is 10.0. The predicted octanol–water partition coefficient (Wildman–Crippen LogP) is 5.04. The number of nitrogens with one attached hydrogen (secondary N) is 1. The molecule has 2 aliphatic heterocycles. The van der Waals surface area contributed by atoms with Crippen molar-refractivity contribution in [2.24, 2.45) is 7.05 Å². The molecule has 1 N–H and O–H groups in total. The molecule has 4 nitrogen and oxygen atoms in total. The second kappa shape index (κ2) is 6.31. The number of H-pyrrole nitrogens is 1. The van der Waals surface area contributed by atoms with Gasteiger partial charge in [-0.3, -0.25) is 0 Å². The minimum absolute atomic E-state index is 0.362. The molecule has 122 valence electrons. The van der Waals surface area contributed by atoms with Gasteiger partial charge in [-0.05, 0) is 12.2 Å². The summed E-state index contributed by atoms with van der Waals surface area (Å²) in [6, 6.07) is 20.2. The molecule has 0 saturated heterocycles. The highest BCUT2D eigenvalue weighted by Crippen LogP contribution is 2.34. The largest absolute Gasteiger partial charge is 0.325 e. The van der Waals surface area contributed by atoms with E-state index in [1.54, 1.807) is 0 Å². The molecule has 0 aliphatic carbocycles. The number of nitrogens with zero attached hydrogens (tertiary/aromatic N) is 3. The van der Waals surface area contributed by atoms with Crippen LogP contribution in [0.3, 0.4) is 0 Å². The van der Waals surface area contributed by atoms with Crippen molar-refractivity contribution in [1.29, 1.82) is 0 Å². The number of aromatic nitrogens is 4. The summed E-state index contributed by atoms with van der Waals surface area (Å²) in [5, 5.41) is 0. The van der Waals surface area contributed by atoms with E-state index >= 15 is 0 Å². The summed E-state index contributed by atoms with van der Waals surface area (Å²) < 4.78 is 2.88. The van der Waals surface area contributed by atoms with Crippen LogP contribution in [0.1, 0.15) is 0 Å². The molecule has 0 radical (unpaired) electrons. The quantitative estimate of drug-likeness (QED) is 0.507. The standard InChI is InChI=1S/C19H14N4S2/c1-23-16(13-10-6-3-7-11-13)14(12-8-4-2-5-9-12)20-15-17(23)21-19(25)22-18(15)24/h2-11H,1H3,(H,22,24,25). The molecule has 2 aromatic carbocycles. The van der Waals surface area contributed by atoms with Crippen LogP contribution in [0.2, 0.25) is 0 Å². The van der Waals surface area contributed by atoms with Gasteiger partial charge in [0.05, 0.1) is 11.4 Å². The molecule has 0 atom stereocenters. The second-order valence-electron chi connectivity index (χ2n) is 5.64. The highest BCUT2D eigenvalue weighted by molar-refractivity contribution is 7.72. The third-order valence-electron chi connectivity index (χ3n) is 4.05. The Morgan fingerprint density at radius 3 is 2.04 bits per heavy atom. The molecule has 6 heteroatoms. The lowest BCUT2D eigenvalue weighted by molar-refractivity contribution is 0.857. The van der Waals surface area contributed by atoms with Crippen LogP contribution < -0.4 is 0 Å². The fraction of sp³-hybridized carbons (Fsp3) is 0.0526. The summed E-state index contributed by atoms with van der Waals surface area (Å²) in [7, 11) is 1.97. The van der Waals surface area contributed by atoms with Crippen molar-refractivity contribution >= 4 is 24.4 Å². The van der Waals surface area contributed by atoms with E-state index in [0.717, 1.165) is 22.5 Å². The molecule has 0 spiro atoms. The number of fused-ring (bicyclic) bond motifs is 1. The van der Waals surface area contributed by atoms with Crippen LogP contribution in [-0.2, 0) is 7.05 Å². The number of aromatic amines is 1. The maximum atomic E-state index is 5.43. The normalized spacial score (nSPS) is 10.9. The van der Waals surface area contributed by atoms with Gasteiger partial charge in [0.1, 0.15) is 10.3 Å². The zero-order chi connectivity index (χ0) is 17.4. The molecule has 0 aromatic heterocycles. The summed E-state index contributed by atoms with van der Waals surface area (Å²) >= 11 is 10.6. The van der Waals surface area contributed by atoms with E-state index in [9.17, 15) is 0 Å². The third-order valence-corrected chi connectivity index (χ3v) is 4.54. The van der Waals surface area contributed by atoms with Gasteiger partial charge in [-0.15, -0.1) is 0 Å². The van der Waals surface area contributed by atoms with Crippen LogP contribution in [-0.4, -0.2) is 19.5 Å². The van der Waals surface area contributed by atoms with Crippen LogP contribution in [0, 0.1) is 9.41 Å². The number of hydrogen-bond acceptors (Lipinski definition) is 4. The lowest BCUT2D eigenvalue weighted by Crippen LogP contribution is -2.11. The maximum Gasteiger partial charge on any atom is 0.199 e. The molecule has 25 heavy (non-hydrogen) atoms. The molecular weight excluding hydrogens is 348 g/mol. The summed E-state index contributed by atoms with van der Waals surface area (Å²) in [4.78, 5) is 12.2. The Morgan fingerprint density at radius 2 is 1.40 bits per heavy atom. The van der Waals surface area contributed by atoms with E-state index in [1.165, 1.54) is 0 Å². The van der Waals surface area contributed by atoms with Crippen molar-refractivity contribution in [3.8, 4) is 34.0 Å². The molecule has 0 saturated carbocycles. The molecule has 4 rings (SSSR count). The number of rotatable bonds is 2. The summed E-state index contributed by atoms with van der Waals surface area (Å²) in [6.07, 6.45) is 0. The molecular formula is C19H14N4S2. The first kappa shape index (κ1) is 15.8. The van der Waals surface area contributed by atoms with Crippen LogP contribution >= 0.6 is 24.4 Å². The van der Waals surface area contributed by atoms with E-state index in [4.69, 9.17) is 29.4 Å². The smallest absolute Gasteiger partial charge is 0.199 e. The summed E-state index contributed by atoms with van der Waals surface area (Å²) in [5.74, 6) is 0.673. The Labute approximate surface area is 155 Å². The topological polar surface area (TPSA) is 46.5 Å². The Kier molecular flexibility index (Phi) is 3.99. The number of benzene rings is 2. The minimum Gasteiger partial charge on any atom is -0.325 e. The summed E-state index contributed by atoms with van der Waals surface area (Å²) in [5.41, 5.74) is 4.56. The van der Waals surface area contributed by atoms with Crippen molar-refractivity contribution in [2.75, 3.05) is 0 Å². The zero-order valence-corrected chi connectivity index (χ0v) is 15.1. The Morgan fingerprint density at radius 1 is 0.800 bits per heavy atom. The first-order chi connectivity index (χ1) is 12.1. The molecule has 2 aromatic rings. The maximum absolute atomic E-state index is 5.43. The minimum atomic E-state index is 0.362. The third kappa shape index (κ3) is 2.79. The molecule has 2 heterocycles. The molecule has 0 amide bonds. The molecule has 0 fully saturated rings. The average molecular weight is 362 g/mol. The Balaban J connectivity index is 2.18. The van der Waals surface area contributed by atoms with Gasteiger partial charge in [0.15, 0.2) is 10.6 Å². The van der Waals surface area contributed by atoms with Gasteiger partial charge in [-0.2, -0.15) is 0 Å². The average Bonchev–Trinajstić information content (AvgIpc) is 2.64. The van der Waals surface area contributed by atoms with Crippen molar-refractivity contribution in [3.05, 3.63) is 70.1 Å². The van der Waals surface area contributed by atoms with E-state index in [0.29, 0.717) is 20.9 Å². The van der Waals surface area contributed by atoms with Gasteiger partial charge in [0.25, 0.3) is 0 Å². The van der Waals surface area contributed by atoms with Gasteiger partial charge in [-0.1, -0.05) is 72.9 Å². The fourth-order valence-corrected chi connectivity index (χ4v) is 3.41. The van der Waals surface area contributed by atoms with Crippen molar-refractivity contribution < 1.29 is 0 Å². The fourth-order valence-electron chi connectivity index (χ4n) is 2.92. The van der Waals surface area contributed by atoms with Gasteiger partial charge < -0.3 is 9.55 Å². The van der Waals surface area contributed by atoms with Crippen LogP contribution in [0.4, 0.5) is 0 Å². The Hall–Kier alpha value is -2.70. The van der Waals surface area contributed by atoms with Crippen molar-refractivity contribution in [1.82, 2.24) is 19.5 Å². The first-order valence-electron chi connectivity index (χ1n) is 7.77. The van der Waals surface area contributed by atoms with Crippen LogP contribution in [0.15, 0.2) is 60.7 Å². The van der Waals surface area contributed by atoms with Gasteiger partial charge >= 0.3 is 0 Å². The molecule has 2 aliphatic rings. The zero-order valence-electron chi connectivity index (χ0n) is 13.4. The molecule has 0 unspecified atom stereocenters. The second-order valence-corrected chi connectivity index (χ2v) is 6.44. The van der Waals surface area contributed by atoms with Crippen molar-refractivity contribution in [3.63, 3.8) is 0 Å². The van der Waals surface area contributed by atoms with Gasteiger partial charge in [-0.25, -0.2) is 9.97 Å². The Bertz CT molecular complexity index is 1130. The van der Waals surface area contributed by atoms with E-state index in [-0.39, 0.29) is 0 Å².